The molecule has 2 aromatic carbocycles. The highest BCUT2D eigenvalue weighted by Crippen LogP contribution is 2.32. The van der Waals surface area contributed by atoms with E-state index in [-0.39, 0.29) is 11.7 Å². The highest BCUT2D eigenvalue weighted by molar-refractivity contribution is 7.22. The molecular formula is C22H18ClFN4OS2. The maximum Gasteiger partial charge on any atom is 0.265 e. The van der Waals surface area contributed by atoms with E-state index in [4.69, 9.17) is 16.6 Å². The first kappa shape index (κ1) is 20.4. The van der Waals surface area contributed by atoms with E-state index in [0.717, 1.165) is 39.0 Å². The Hall–Kier alpha value is -2.55. The van der Waals surface area contributed by atoms with Crippen molar-refractivity contribution in [2.24, 2.45) is 0 Å². The first-order valence-electron chi connectivity index (χ1n) is 9.81. The minimum absolute atomic E-state index is 0.000839. The lowest BCUT2D eigenvalue weighted by molar-refractivity contribution is 0.0750. The molecule has 0 N–H and O–H groups in total. The predicted molar refractivity (Wildman–Crippen MR) is 125 cm³/mol. The zero-order valence-electron chi connectivity index (χ0n) is 16.6. The van der Waals surface area contributed by atoms with Gasteiger partial charge < -0.3 is 9.80 Å². The summed E-state index contributed by atoms with van der Waals surface area (Å²) in [4.78, 5) is 27.1. The summed E-state index contributed by atoms with van der Waals surface area (Å²) in [7, 11) is 0. The molecule has 2 aromatic heterocycles. The third-order valence-corrected chi connectivity index (χ3v) is 7.77. The van der Waals surface area contributed by atoms with Gasteiger partial charge in [0.25, 0.3) is 5.91 Å². The van der Waals surface area contributed by atoms with Gasteiger partial charge in [-0.15, -0.1) is 11.3 Å². The molecule has 0 saturated carbocycles. The van der Waals surface area contributed by atoms with Crippen LogP contribution in [0, 0.1) is 12.7 Å². The average molecular weight is 473 g/mol. The van der Waals surface area contributed by atoms with Crippen LogP contribution in [0.5, 0.6) is 0 Å². The number of amides is 1. The van der Waals surface area contributed by atoms with E-state index in [2.05, 4.69) is 9.88 Å². The number of aryl methyl sites for hydroxylation is 1. The van der Waals surface area contributed by atoms with E-state index in [1.165, 1.54) is 23.5 Å². The molecule has 1 aliphatic rings. The van der Waals surface area contributed by atoms with Crippen molar-refractivity contribution in [3.63, 3.8) is 0 Å². The maximum atomic E-state index is 13.2. The largest absolute Gasteiger partial charge is 0.345 e. The van der Waals surface area contributed by atoms with Gasteiger partial charge in [-0.3, -0.25) is 4.79 Å². The Morgan fingerprint density at radius 3 is 2.52 bits per heavy atom. The fourth-order valence-corrected chi connectivity index (χ4v) is 5.91. The monoisotopic (exact) mass is 472 g/mol. The zero-order valence-corrected chi connectivity index (χ0v) is 19.0. The molecule has 158 valence electrons. The van der Waals surface area contributed by atoms with Gasteiger partial charge in [0.15, 0.2) is 5.13 Å². The molecule has 1 fully saturated rings. The fourth-order valence-electron chi connectivity index (χ4n) is 3.58. The summed E-state index contributed by atoms with van der Waals surface area (Å²) in [6, 6.07) is 11.9. The average Bonchev–Trinajstić information content (AvgIpc) is 3.37. The zero-order chi connectivity index (χ0) is 21.5. The van der Waals surface area contributed by atoms with E-state index < -0.39 is 0 Å². The summed E-state index contributed by atoms with van der Waals surface area (Å²) in [6.07, 6.45) is 0. The van der Waals surface area contributed by atoms with Gasteiger partial charge in [-0.05, 0) is 49.4 Å². The van der Waals surface area contributed by atoms with E-state index in [1.54, 1.807) is 23.5 Å². The summed E-state index contributed by atoms with van der Waals surface area (Å²) in [6.45, 7) is 4.54. The van der Waals surface area contributed by atoms with E-state index in [0.29, 0.717) is 28.7 Å². The van der Waals surface area contributed by atoms with Crippen LogP contribution in [0.1, 0.15) is 15.4 Å². The van der Waals surface area contributed by atoms with Crippen molar-refractivity contribution >= 4 is 55.5 Å². The van der Waals surface area contributed by atoms with Gasteiger partial charge in [0.1, 0.15) is 15.7 Å². The Morgan fingerprint density at radius 1 is 1.03 bits per heavy atom. The van der Waals surface area contributed by atoms with Crippen molar-refractivity contribution in [3.05, 3.63) is 63.9 Å². The van der Waals surface area contributed by atoms with Crippen LogP contribution in [0.15, 0.2) is 42.5 Å². The van der Waals surface area contributed by atoms with Gasteiger partial charge >= 0.3 is 0 Å². The fraction of sp³-hybridized carbons (Fsp3) is 0.227. The van der Waals surface area contributed by atoms with Crippen molar-refractivity contribution in [1.82, 2.24) is 14.9 Å². The van der Waals surface area contributed by atoms with Crippen molar-refractivity contribution in [2.45, 2.75) is 6.92 Å². The Bertz CT molecular complexity index is 1260. The molecule has 5 rings (SSSR count). The third kappa shape index (κ3) is 4.03. The van der Waals surface area contributed by atoms with Crippen molar-refractivity contribution in [3.8, 4) is 10.6 Å². The smallest absolute Gasteiger partial charge is 0.265 e. The van der Waals surface area contributed by atoms with Gasteiger partial charge in [-0.2, -0.15) is 0 Å². The maximum absolute atomic E-state index is 13.2. The molecule has 3 heterocycles. The minimum atomic E-state index is -0.289. The summed E-state index contributed by atoms with van der Waals surface area (Å²) in [5.41, 5.74) is 2.46. The number of hydrogen-bond donors (Lipinski definition) is 0. The second-order valence-electron chi connectivity index (χ2n) is 7.33. The Kier molecular flexibility index (Phi) is 5.37. The molecule has 0 atom stereocenters. The molecule has 1 saturated heterocycles. The van der Waals surface area contributed by atoms with E-state index in [1.807, 2.05) is 30.0 Å². The molecule has 1 amide bonds. The van der Waals surface area contributed by atoms with Crippen LogP contribution < -0.4 is 4.90 Å². The third-order valence-electron chi connectivity index (χ3n) is 5.26. The molecule has 1 aliphatic heterocycles. The number of piperazine rings is 1. The topological polar surface area (TPSA) is 49.3 Å². The molecule has 5 nitrogen and oxygen atoms in total. The van der Waals surface area contributed by atoms with E-state index >= 15 is 0 Å². The first-order valence-corrected chi connectivity index (χ1v) is 11.8. The molecule has 9 heteroatoms. The Labute approximate surface area is 191 Å². The first-order chi connectivity index (χ1) is 15.0. The number of fused-ring (bicyclic) bond motifs is 1. The van der Waals surface area contributed by atoms with Crippen molar-refractivity contribution in [2.75, 3.05) is 31.1 Å². The summed E-state index contributed by atoms with van der Waals surface area (Å²) in [5.74, 6) is -0.290. The van der Waals surface area contributed by atoms with Gasteiger partial charge in [0.05, 0.1) is 15.9 Å². The summed E-state index contributed by atoms with van der Waals surface area (Å²) in [5, 5.41) is 2.39. The summed E-state index contributed by atoms with van der Waals surface area (Å²) < 4.78 is 14.3. The van der Waals surface area contributed by atoms with Crippen molar-refractivity contribution in [1.29, 1.82) is 0 Å². The van der Waals surface area contributed by atoms with Crippen LogP contribution in [0.4, 0.5) is 9.52 Å². The minimum Gasteiger partial charge on any atom is -0.345 e. The molecule has 0 unspecified atom stereocenters. The second kappa shape index (κ2) is 8.18. The number of aromatic nitrogens is 2. The summed E-state index contributed by atoms with van der Waals surface area (Å²) >= 11 is 9.07. The number of anilines is 1. The van der Waals surface area contributed by atoms with Gasteiger partial charge in [-0.25, -0.2) is 14.4 Å². The Balaban J connectivity index is 1.29. The van der Waals surface area contributed by atoms with Crippen LogP contribution >= 0.6 is 34.3 Å². The predicted octanol–water partition coefficient (Wildman–Crippen LogP) is 5.48. The second-order valence-corrected chi connectivity index (χ2v) is 9.77. The van der Waals surface area contributed by atoms with Crippen LogP contribution in [0.25, 0.3) is 20.8 Å². The number of rotatable bonds is 3. The highest BCUT2D eigenvalue weighted by Gasteiger charge is 2.27. The lowest BCUT2D eigenvalue weighted by Crippen LogP contribution is -2.48. The number of carbonyl (C=O) groups excluding carboxylic acids is 1. The number of benzene rings is 2. The highest BCUT2D eigenvalue weighted by atomic mass is 35.5. The molecule has 0 aliphatic carbocycles. The quantitative estimate of drug-likeness (QED) is 0.396. The Morgan fingerprint density at radius 2 is 1.77 bits per heavy atom. The molecular weight excluding hydrogens is 455 g/mol. The number of hydrogen-bond acceptors (Lipinski definition) is 6. The van der Waals surface area contributed by atoms with Gasteiger partial charge in [0.2, 0.25) is 0 Å². The lowest BCUT2D eigenvalue weighted by Gasteiger charge is -2.34. The number of halogens is 2. The van der Waals surface area contributed by atoms with Crippen LogP contribution in [0.2, 0.25) is 5.02 Å². The van der Waals surface area contributed by atoms with Crippen LogP contribution in [0.3, 0.4) is 0 Å². The van der Waals surface area contributed by atoms with Crippen molar-refractivity contribution < 1.29 is 9.18 Å². The standard InChI is InChI=1S/C22H18ClFN4OS2/c1-13-19(31-20(25-13)14-2-5-16(24)6-3-14)21(29)27-8-10-28(11-9-27)22-26-17-7-4-15(23)12-18(17)30-22/h2-7,12H,8-11H2,1H3. The van der Waals surface area contributed by atoms with Gasteiger partial charge in [-0.1, -0.05) is 22.9 Å². The molecule has 0 bridgehead atoms. The van der Waals surface area contributed by atoms with E-state index in [9.17, 15) is 9.18 Å². The SMILES string of the molecule is Cc1nc(-c2ccc(F)cc2)sc1C(=O)N1CCN(c2nc3ccc(Cl)cc3s2)CC1. The van der Waals surface area contributed by atoms with Crippen LogP contribution in [-0.2, 0) is 0 Å². The molecule has 0 radical (unpaired) electrons. The molecule has 0 spiro atoms. The number of thiazole rings is 2. The number of nitrogens with zero attached hydrogens (tertiary/aromatic N) is 4. The van der Waals surface area contributed by atoms with Crippen LogP contribution in [-0.4, -0.2) is 47.0 Å². The molecule has 4 aromatic rings. The lowest BCUT2D eigenvalue weighted by atomic mass is 10.2. The van der Waals surface area contributed by atoms with Gasteiger partial charge in [0, 0.05) is 36.8 Å². The molecule has 31 heavy (non-hydrogen) atoms. The number of carbonyl (C=O) groups is 1. The normalized spacial score (nSPS) is 14.4.